The molecule has 0 unspecified atom stereocenters. The zero-order chi connectivity index (χ0) is 9.12. The second kappa shape index (κ2) is 3.97. The average Bonchev–Trinajstić information content (AvgIpc) is 1.55. The Morgan fingerprint density at radius 1 is 0.727 bits per heavy atom. The Kier molecular flexibility index (Phi) is 4.16. The van der Waals surface area contributed by atoms with Crippen LogP contribution in [0.5, 0.6) is 0 Å². The highest BCUT2D eigenvalue weighted by Crippen LogP contribution is 2.24. The molecule has 0 bridgehead atoms. The molecule has 0 nitrogen and oxygen atoms in total. The van der Waals surface area contributed by atoms with Crippen molar-refractivity contribution in [2.45, 2.75) is 52.1 Å². The van der Waals surface area contributed by atoms with Gasteiger partial charge in [-0.2, -0.15) is 0 Å². The summed E-state index contributed by atoms with van der Waals surface area (Å²) >= 11 is 0.669. The minimum absolute atomic E-state index is 0.556. The summed E-state index contributed by atoms with van der Waals surface area (Å²) in [6, 6.07) is 0. The highest BCUT2D eigenvalue weighted by Gasteiger charge is 2.15. The fourth-order valence-corrected chi connectivity index (χ4v) is 2.81. The monoisotopic (exact) mass is 169 g/mol. The van der Waals surface area contributed by atoms with Gasteiger partial charge >= 0.3 is 0 Å². The molecule has 0 aromatic carbocycles. The summed E-state index contributed by atoms with van der Waals surface area (Å²) in [6.45, 7) is 14.0. The molecule has 1 radical (unpaired) electrons. The van der Waals surface area contributed by atoms with Crippen LogP contribution in [0.4, 0.5) is 0 Å². The normalized spacial score (nSPS) is 13.3. The zero-order valence-corrected chi connectivity index (χ0v) is 10.1. The molecular formula is C10H22Al. The van der Waals surface area contributed by atoms with Crippen LogP contribution in [0.3, 0.4) is 0 Å². The van der Waals surface area contributed by atoms with Gasteiger partial charge in [-0.05, 0) is 0 Å². The lowest BCUT2D eigenvalue weighted by molar-refractivity contribution is 0.445. The molecule has 0 rings (SSSR count). The number of hydrogen-bond donors (Lipinski definition) is 0. The molecule has 0 spiro atoms. The Balaban J connectivity index is 3.44. The number of rotatable bonds is 2. The summed E-state index contributed by atoms with van der Waals surface area (Å²) in [6.07, 6.45) is 0. The van der Waals surface area contributed by atoms with Crippen molar-refractivity contribution in [3.8, 4) is 0 Å². The highest BCUT2D eigenvalue weighted by atomic mass is 27.1. The molecular weight excluding hydrogens is 147 g/mol. The lowest BCUT2D eigenvalue weighted by Crippen LogP contribution is -2.14. The first-order valence-electron chi connectivity index (χ1n) is 4.52. The Hall–Kier alpha value is 0.532. The lowest BCUT2D eigenvalue weighted by atomic mass is 10.00. The van der Waals surface area contributed by atoms with Gasteiger partial charge in [-0.3, -0.25) is 0 Å². The van der Waals surface area contributed by atoms with Crippen LogP contribution in [0.2, 0.25) is 10.6 Å². The van der Waals surface area contributed by atoms with Gasteiger partial charge < -0.3 is 0 Å². The third kappa shape index (κ3) is 10.5. The van der Waals surface area contributed by atoms with Crippen LogP contribution in [0.1, 0.15) is 41.5 Å². The molecule has 0 saturated carbocycles. The molecule has 0 aliphatic carbocycles. The van der Waals surface area contributed by atoms with E-state index in [0.29, 0.717) is 26.0 Å². The number of hydrogen-bond acceptors (Lipinski definition) is 0. The minimum atomic E-state index is 0.556. The van der Waals surface area contributed by atoms with E-state index in [1.54, 1.807) is 0 Å². The van der Waals surface area contributed by atoms with E-state index in [1.165, 1.54) is 10.6 Å². The fraction of sp³-hybridized carbons (Fsp3) is 1.00. The quantitative estimate of drug-likeness (QED) is 0.554. The summed E-state index contributed by atoms with van der Waals surface area (Å²) in [7, 11) is 0. The van der Waals surface area contributed by atoms with Crippen LogP contribution in [0.25, 0.3) is 0 Å². The third-order valence-electron chi connectivity index (χ3n) is 1.51. The molecule has 0 aliphatic heterocycles. The molecule has 65 valence electrons. The van der Waals surface area contributed by atoms with Gasteiger partial charge in [0.15, 0.2) is 0 Å². The van der Waals surface area contributed by atoms with Crippen molar-refractivity contribution < 1.29 is 0 Å². The van der Waals surface area contributed by atoms with Crippen LogP contribution in [0, 0.1) is 10.8 Å². The SMILES string of the molecule is CC(C)(C)[CH2][Al][CH2]C(C)(C)C. The van der Waals surface area contributed by atoms with Crippen molar-refractivity contribution in [2.75, 3.05) is 0 Å². The first kappa shape index (κ1) is 11.5. The van der Waals surface area contributed by atoms with Gasteiger partial charge in [-0.15, -0.1) is 0 Å². The summed E-state index contributed by atoms with van der Waals surface area (Å²) < 4.78 is 0. The molecule has 0 aliphatic rings. The van der Waals surface area contributed by atoms with Crippen molar-refractivity contribution in [3.63, 3.8) is 0 Å². The van der Waals surface area contributed by atoms with Gasteiger partial charge in [0.2, 0.25) is 15.2 Å². The van der Waals surface area contributed by atoms with Crippen molar-refractivity contribution in [1.29, 1.82) is 0 Å². The van der Waals surface area contributed by atoms with E-state index >= 15 is 0 Å². The van der Waals surface area contributed by atoms with E-state index in [2.05, 4.69) is 41.5 Å². The van der Waals surface area contributed by atoms with Crippen molar-refractivity contribution in [3.05, 3.63) is 0 Å². The molecule has 1 heteroatoms. The van der Waals surface area contributed by atoms with E-state index < -0.39 is 0 Å². The topological polar surface area (TPSA) is 0 Å². The van der Waals surface area contributed by atoms with E-state index in [-0.39, 0.29) is 0 Å². The van der Waals surface area contributed by atoms with E-state index in [4.69, 9.17) is 0 Å². The largest absolute Gasteiger partial charge is 0.201 e. The second-order valence-corrected chi connectivity index (χ2v) is 7.21. The molecule has 0 amide bonds. The minimum Gasteiger partial charge on any atom is -0.0991 e. The maximum Gasteiger partial charge on any atom is 0.201 e. The van der Waals surface area contributed by atoms with Gasteiger partial charge in [0.05, 0.1) is 0 Å². The van der Waals surface area contributed by atoms with Gasteiger partial charge in [0, 0.05) is 0 Å². The van der Waals surface area contributed by atoms with E-state index in [9.17, 15) is 0 Å². The first-order chi connectivity index (χ1) is 4.71. The van der Waals surface area contributed by atoms with Crippen LogP contribution in [-0.4, -0.2) is 15.2 Å². The summed E-state index contributed by atoms with van der Waals surface area (Å²) in [5, 5.41) is 2.87. The Labute approximate surface area is 78.5 Å². The van der Waals surface area contributed by atoms with Crippen molar-refractivity contribution >= 4 is 15.2 Å². The molecule has 0 saturated heterocycles. The van der Waals surface area contributed by atoms with Gasteiger partial charge in [0.1, 0.15) is 0 Å². The summed E-state index contributed by atoms with van der Waals surface area (Å²) in [5.74, 6) is 0. The molecule has 0 heterocycles. The second-order valence-electron chi connectivity index (χ2n) is 5.82. The van der Waals surface area contributed by atoms with Gasteiger partial charge in [-0.1, -0.05) is 62.9 Å². The predicted octanol–water partition coefficient (Wildman–Crippen LogP) is 3.62. The first-order valence-corrected chi connectivity index (χ1v) is 6.16. The molecule has 11 heavy (non-hydrogen) atoms. The van der Waals surface area contributed by atoms with Crippen LogP contribution >= 0.6 is 0 Å². The molecule has 0 N–H and O–H groups in total. The standard InChI is InChI=1S/2C5H11.Al/c2*1-5(2,3)4;/h2*1H2,2-4H3;. The molecule has 0 aromatic heterocycles. The molecule has 0 atom stereocenters. The maximum atomic E-state index is 2.34. The maximum absolute atomic E-state index is 2.34. The van der Waals surface area contributed by atoms with Gasteiger partial charge in [-0.25, -0.2) is 0 Å². The van der Waals surface area contributed by atoms with E-state index in [0.717, 1.165) is 0 Å². The predicted molar refractivity (Wildman–Crippen MR) is 54.3 cm³/mol. The summed E-state index contributed by atoms with van der Waals surface area (Å²) in [4.78, 5) is 0. The van der Waals surface area contributed by atoms with Gasteiger partial charge in [0.25, 0.3) is 0 Å². The van der Waals surface area contributed by atoms with E-state index in [1.807, 2.05) is 0 Å². The smallest absolute Gasteiger partial charge is 0.0991 e. The van der Waals surface area contributed by atoms with Crippen LogP contribution in [-0.2, 0) is 0 Å². The average molecular weight is 169 g/mol. The fourth-order valence-electron chi connectivity index (χ4n) is 0.938. The summed E-state index contributed by atoms with van der Waals surface area (Å²) in [5.41, 5.74) is 1.11. The Morgan fingerprint density at radius 2 is 1.00 bits per heavy atom. The van der Waals surface area contributed by atoms with Crippen molar-refractivity contribution in [2.24, 2.45) is 10.8 Å². The highest BCUT2D eigenvalue weighted by molar-refractivity contribution is 6.35. The van der Waals surface area contributed by atoms with Crippen molar-refractivity contribution in [1.82, 2.24) is 0 Å². The third-order valence-corrected chi connectivity index (χ3v) is 4.54. The molecule has 0 aromatic rings. The molecule has 0 fully saturated rings. The zero-order valence-electron chi connectivity index (χ0n) is 8.99. The van der Waals surface area contributed by atoms with Crippen LogP contribution < -0.4 is 0 Å². The van der Waals surface area contributed by atoms with Crippen LogP contribution in [0.15, 0.2) is 0 Å². The Morgan fingerprint density at radius 3 is 1.18 bits per heavy atom. The lowest BCUT2D eigenvalue weighted by Gasteiger charge is -2.22. The Bertz CT molecular complexity index is 89.0.